The lowest BCUT2D eigenvalue weighted by Gasteiger charge is -2.14. The van der Waals surface area contributed by atoms with Gasteiger partial charge in [-0.25, -0.2) is 4.79 Å². The van der Waals surface area contributed by atoms with Crippen molar-refractivity contribution in [1.82, 2.24) is 0 Å². The Labute approximate surface area is 88.9 Å². The molecule has 0 aliphatic carbocycles. The van der Waals surface area contributed by atoms with Gasteiger partial charge in [0.25, 0.3) is 0 Å². The summed E-state index contributed by atoms with van der Waals surface area (Å²) >= 11 is 0. The number of benzene rings is 1. The molecule has 0 heterocycles. The predicted octanol–water partition coefficient (Wildman–Crippen LogP) is 2.21. The fraction of sp³-hybridized carbons (Fsp3) is 0.364. The van der Waals surface area contributed by atoms with Crippen molar-refractivity contribution in [2.45, 2.75) is 20.0 Å². The first-order valence-electron chi connectivity index (χ1n) is 4.76. The van der Waals surface area contributed by atoms with Gasteiger partial charge in [-0.15, -0.1) is 0 Å². The van der Waals surface area contributed by atoms with Crippen molar-refractivity contribution in [3.8, 4) is 5.75 Å². The van der Waals surface area contributed by atoms with Gasteiger partial charge in [0.1, 0.15) is 5.75 Å². The molecule has 0 fully saturated rings. The first-order valence-corrected chi connectivity index (χ1v) is 4.76. The number of anilines is 1. The summed E-state index contributed by atoms with van der Waals surface area (Å²) in [6.45, 7) is 3.79. The van der Waals surface area contributed by atoms with Gasteiger partial charge in [-0.2, -0.15) is 0 Å². The summed E-state index contributed by atoms with van der Waals surface area (Å²) < 4.78 is 5.50. The zero-order chi connectivity index (χ0) is 11.4. The van der Waals surface area contributed by atoms with Gasteiger partial charge in [0.05, 0.1) is 17.4 Å². The molecule has 0 saturated heterocycles. The molecule has 0 aromatic heterocycles. The van der Waals surface area contributed by atoms with Gasteiger partial charge in [0.2, 0.25) is 0 Å². The van der Waals surface area contributed by atoms with Gasteiger partial charge >= 0.3 is 5.97 Å². The number of hydrogen-bond acceptors (Lipinski definition) is 3. The lowest BCUT2D eigenvalue weighted by Crippen LogP contribution is -2.08. The van der Waals surface area contributed by atoms with E-state index in [1.807, 2.05) is 13.8 Å². The Morgan fingerprint density at radius 1 is 1.47 bits per heavy atom. The highest BCUT2D eigenvalue weighted by molar-refractivity contribution is 5.89. The van der Waals surface area contributed by atoms with Crippen molar-refractivity contribution in [2.75, 3.05) is 12.4 Å². The van der Waals surface area contributed by atoms with E-state index in [2.05, 4.69) is 5.32 Å². The molecule has 15 heavy (non-hydrogen) atoms. The molecule has 0 amide bonds. The maximum Gasteiger partial charge on any atom is 0.335 e. The van der Waals surface area contributed by atoms with Crippen molar-refractivity contribution in [2.24, 2.45) is 0 Å². The van der Waals surface area contributed by atoms with Crippen LogP contribution in [0.2, 0.25) is 0 Å². The number of nitrogens with one attached hydrogen (secondary N) is 1. The highest BCUT2D eigenvalue weighted by atomic mass is 16.5. The highest BCUT2D eigenvalue weighted by Crippen LogP contribution is 2.26. The fourth-order valence-electron chi connectivity index (χ4n) is 1.21. The van der Waals surface area contributed by atoms with Crippen LogP contribution in [0.15, 0.2) is 18.2 Å². The molecule has 0 aliphatic rings. The van der Waals surface area contributed by atoms with E-state index >= 15 is 0 Å². The third kappa shape index (κ3) is 2.87. The van der Waals surface area contributed by atoms with Crippen LogP contribution < -0.4 is 10.1 Å². The van der Waals surface area contributed by atoms with E-state index in [4.69, 9.17) is 9.84 Å². The Hall–Kier alpha value is -1.71. The summed E-state index contributed by atoms with van der Waals surface area (Å²) in [6.07, 6.45) is 0.0149. The van der Waals surface area contributed by atoms with Crippen molar-refractivity contribution < 1.29 is 14.6 Å². The molecular formula is C11H15NO3. The minimum Gasteiger partial charge on any atom is -0.489 e. The standard InChI is InChI=1S/C11H15NO3/c1-7(2)15-10-6-8(11(13)14)4-5-9(10)12-3/h4-7,12H,1-3H3,(H,13,14). The Balaban J connectivity index is 3.07. The van der Waals surface area contributed by atoms with E-state index < -0.39 is 5.97 Å². The lowest BCUT2D eigenvalue weighted by molar-refractivity contribution is 0.0696. The normalized spacial score (nSPS) is 10.1. The van der Waals surface area contributed by atoms with Crippen molar-refractivity contribution >= 4 is 11.7 Å². The van der Waals surface area contributed by atoms with Crippen molar-refractivity contribution in [1.29, 1.82) is 0 Å². The summed E-state index contributed by atoms with van der Waals surface area (Å²) in [5, 5.41) is 11.8. The molecule has 4 heteroatoms. The van der Waals surface area contributed by atoms with Crippen LogP contribution in [0.1, 0.15) is 24.2 Å². The number of ether oxygens (including phenoxy) is 1. The smallest absolute Gasteiger partial charge is 0.335 e. The van der Waals surface area contributed by atoms with Gasteiger partial charge in [-0.3, -0.25) is 0 Å². The number of carboxylic acid groups (broad SMARTS) is 1. The maximum absolute atomic E-state index is 10.8. The molecule has 1 rings (SSSR count). The van der Waals surface area contributed by atoms with E-state index in [1.165, 1.54) is 6.07 Å². The molecule has 0 radical (unpaired) electrons. The van der Waals surface area contributed by atoms with Gasteiger partial charge in [0, 0.05) is 7.05 Å². The summed E-state index contributed by atoms with van der Waals surface area (Å²) in [5.41, 5.74) is 1.01. The lowest BCUT2D eigenvalue weighted by atomic mass is 10.2. The van der Waals surface area contributed by atoms with Crippen LogP contribution in [-0.2, 0) is 0 Å². The third-order valence-electron chi connectivity index (χ3n) is 1.86. The molecule has 0 spiro atoms. The van der Waals surface area contributed by atoms with E-state index in [0.29, 0.717) is 5.75 Å². The largest absolute Gasteiger partial charge is 0.489 e. The Morgan fingerprint density at radius 2 is 2.13 bits per heavy atom. The van der Waals surface area contributed by atoms with Gasteiger partial charge in [-0.05, 0) is 32.0 Å². The van der Waals surface area contributed by atoms with Crippen LogP contribution in [0.4, 0.5) is 5.69 Å². The van der Waals surface area contributed by atoms with Gasteiger partial charge in [0.15, 0.2) is 0 Å². The van der Waals surface area contributed by atoms with Crippen LogP contribution in [0.25, 0.3) is 0 Å². The average Bonchev–Trinajstić information content (AvgIpc) is 2.16. The number of carboxylic acids is 1. The fourth-order valence-corrected chi connectivity index (χ4v) is 1.21. The molecule has 0 saturated carbocycles. The first kappa shape index (κ1) is 11.4. The van der Waals surface area contributed by atoms with Gasteiger partial charge < -0.3 is 15.2 Å². The highest BCUT2D eigenvalue weighted by Gasteiger charge is 2.09. The molecule has 0 unspecified atom stereocenters. The summed E-state index contributed by atoms with van der Waals surface area (Å²) in [6, 6.07) is 4.76. The number of aromatic carboxylic acids is 1. The van der Waals surface area contributed by atoms with Crippen molar-refractivity contribution in [3.63, 3.8) is 0 Å². The van der Waals surface area contributed by atoms with E-state index in [0.717, 1.165) is 5.69 Å². The van der Waals surface area contributed by atoms with Crippen LogP contribution in [0, 0.1) is 0 Å². The second-order valence-corrected chi connectivity index (χ2v) is 3.43. The molecule has 1 aromatic carbocycles. The van der Waals surface area contributed by atoms with E-state index in [-0.39, 0.29) is 11.7 Å². The summed E-state index contributed by atoms with van der Waals surface area (Å²) in [5.74, 6) is -0.390. The number of hydrogen-bond donors (Lipinski definition) is 2. The number of carbonyl (C=O) groups is 1. The third-order valence-corrected chi connectivity index (χ3v) is 1.86. The zero-order valence-corrected chi connectivity index (χ0v) is 9.07. The van der Waals surface area contributed by atoms with Gasteiger partial charge in [-0.1, -0.05) is 0 Å². The minimum absolute atomic E-state index is 0.0149. The van der Waals surface area contributed by atoms with Crippen molar-refractivity contribution in [3.05, 3.63) is 23.8 Å². The summed E-state index contributed by atoms with van der Waals surface area (Å²) in [7, 11) is 1.77. The molecule has 0 atom stereocenters. The average molecular weight is 209 g/mol. The van der Waals surface area contributed by atoms with Crippen LogP contribution in [0.5, 0.6) is 5.75 Å². The van der Waals surface area contributed by atoms with Crippen LogP contribution in [0.3, 0.4) is 0 Å². The molecule has 0 aliphatic heterocycles. The van der Waals surface area contributed by atoms with Crippen LogP contribution in [-0.4, -0.2) is 24.2 Å². The SMILES string of the molecule is CNc1ccc(C(=O)O)cc1OC(C)C. The quantitative estimate of drug-likeness (QED) is 0.798. The molecule has 2 N–H and O–H groups in total. The molecule has 82 valence electrons. The molecule has 4 nitrogen and oxygen atoms in total. The number of rotatable bonds is 4. The second-order valence-electron chi connectivity index (χ2n) is 3.43. The predicted molar refractivity (Wildman–Crippen MR) is 58.7 cm³/mol. The topological polar surface area (TPSA) is 58.6 Å². The first-order chi connectivity index (χ1) is 7.04. The maximum atomic E-state index is 10.8. The van der Waals surface area contributed by atoms with E-state index in [9.17, 15) is 4.79 Å². The Morgan fingerprint density at radius 3 is 2.60 bits per heavy atom. The second kappa shape index (κ2) is 4.68. The zero-order valence-electron chi connectivity index (χ0n) is 9.07. The minimum atomic E-state index is -0.953. The molecule has 1 aromatic rings. The van der Waals surface area contributed by atoms with E-state index in [1.54, 1.807) is 19.2 Å². The molecule has 0 bridgehead atoms. The Kier molecular flexibility index (Phi) is 3.55. The Bertz CT molecular complexity index is 361. The summed E-state index contributed by atoms with van der Waals surface area (Å²) in [4.78, 5) is 10.8. The van der Waals surface area contributed by atoms with Crippen LogP contribution >= 0.6 is 0 Å². The molecular weight excluding hydrogens is 194 g/mol. The monoisotopic (exact) mass is 209 g/mol.